The van der Waals surface area contributed by atoms with E-state index >= 15 is 0 Å². The first-order valence-electron chi connectivity index (χ1n) is 6.55. The largest absolute Gasteiger partial charge is 0.356 e. The van der Waals surface area contributed by atoms with Crippen LogP contribution in [0.1, 0.15) is 31.2 Å². The van der Waals surface area contributed by atoms with Crippen LogP contribution in [0.3, 0.4) is 0 Å². The Kier molecular flexibility index (Phi) is 4.16. The van der Waals surface area contributed by atoms with E-state index in [9.17, 15) is 0 Å². The molecule has 0 bridgehead atoms. The van der Waals surface area contributed by atoms with Gasteiger partial charge < -0.3 is 10.6 Å². The van der Waals surface area contributed by atoms with Crippen molar-refractivity contribution in [3.8, 4) is 6.07 Å². The van der Waals surface area contributed by atoms with E-state index in [2.05, 4.69) is 23.0 Å². The van der Waals surface area contributed by atoms with Crippen molar-refractivity contribution < 1.29 is 0 Å². The minimum absolute atomic E-state index is 0.476. The van der Waals surface area contributed by atoms with E-state index < -0.39 is 0 Å². The highest BCUT2D eigenvalue weighted by Gasteiger charge is 2.27. The molecule has 1 fully saturated rings. The molecular weight excluding hydrogens is 224 g/mol. The van der Waals surface area contributed by atoms with Crippen LogP contribution >= 0.6 is 0 Å². The summed E-state index contributed by atoms with van der Waals surface area (Å²) >= 11 is 0. The van der Waals surface area contributed by atoms with E-state index in [1.54, 1.807) is 6.20 Å². The average Bonchev–Trinajstić information content (AvgIpc) is 2.46. The highest BCUT2D eigenvalue weighted by molar-refractivity contribution is 5.42. The summed E-state index contributed by atoms with van der Waals surface area (Å²) < 4.78 is 0. The maximum Gasteiger partial charge on any atom is 0.128 e. The topological polar surface area (TPSA) is 65.9 Å². The Labute approximate surface area is 108 Å². The summed E-state index contributed by atoms with van der Waals surface area (Å²) in [6, 6.07) is 6.30. The molecule has 4 nitrogen and oxygen atoms in total. The van der Waals surface area contributed by atoms with Gasteiger partial charge in [0.15, 0.2) is 0 Å². The lowest BCUT2D eigenvalue weighted by Gasteiger charge is -2.38. The molecule has 0 aromatic carbocycles. The quantitative estimate of drug-likeness (QED) is 0.882. The number of pyridine rings is 1. The smallest absolute Gasteiger partial charge is 0.128 e. The number of anilines is 1. The Hall–Kier alpha value is -1.60. The molecule has 0 spiro atoms. The van der Waals surface area contributed by atoms with Crippen LogP contribution in [0.2, 0.25) is 0 Å². The Balaban J connectivity index is 2.13. The number of rotatable bonds is 3. The number of nitrogens with zero attached hydrogens (tertiary/aromatic N) is 3. The molecule has 0 aliphatic heterocycles. The number of aromatic nitrogens is 1. The van der Waals surface area contributed by atoms with Gasteiger partial charge in [-0.15, -0.1) is 0 Å². The molecule has 1 saturated carbocycles. The van der Waals surface area contributed by atoms with Crippen LogP contribution in [0.5, 0.6) is 0 Å². The number of nitrogens with two attached hydrogens (primary N) is 1. The predicted molar refractivity (Wildman–Crippen MR) is 72.2 cm³/mol. The molecule has 2 N–H and O–H groups in total. The number of hydrogen-bond acceptors (Lipinski definition) is 4. The van der Waals surface area contributed by atoms with Gasteiger partial charge in [0.25, 0.3) is 0 Å². The van der Waals surface area contributed by atoms with Crippen molar-refractivity contribution in [2.75, 3.05) is 18.5 Å². The molecule has 18 heavy (non-hydrogen) atoms. The first kappa shape index (κ1) is 12.8. The van der Waals surface area contributed by atoms with Gasteiger partial charge >= 0.3 is 0 Å². The molecule has 2 atom stereocenters. The second kappa shape index (κ2) is 5.83. The molecule has 96 valence electrons. The van der Waals surface area contributed by atoms with Gasteiger partial charge in [-0.05, 0) is 37.4 Å². The van der Waals surface area contributed by atoms with Gasteiger partial charge in [-0.3, -0.25) is 0 Å². The lowest BCUT2D eigenvalue weighted by Crippen LogP contribution is -2.43. The van der Waals surface area contributed by atoms with Crippen molar-refractivity contribution in [3.05, 3.63) is 23.9 Å². The van der Waals surface area contributed by atoms with Crippen molar-refractivity contribution in [2.45, 2.75) is 31.7 Å². The van der Waals surface area contributed by atoms with E-state index in [-0.39, 0.29) is 0 Å². The first-order valence-corrected chi connectivity index (χ1v) is 6.55. The van der Waals surface area contributed by atoms with E-state index in [1.807, 2.05) is 12.1 Å². The van der Waals surface area contributed by atoms with Gasteiger partial charge in [-0.2, -0.15) is 5.26 Å². The van der Waals surface area contributed by atoms with Crippen LogP contribution in [0, 0.1) is 17.2 Å². The SMILES string of the molecule is CN(c1ccc(C#N)cn1)C1CCCCC1CN. The third kappa shape index (κ3) is 2.62. The molecule has 1 aromatic heterocycles. The van der Waals surface area contributed by atoms with Crippen molar-refractivity contribution in [2.24, 2.45) is 11.7 Å². The summed E-state index contributed by atoms with van der Waals surface area (Å²) in [6.07, 6.45) is 6.57. The van der Waals surface area contributed by atoms with Crippen LogP contribution in [-0.4, -0.2) is 24.6 Å². The minimum Gasteiger partial charge on any atom is -0.356 e. The molecule has 1 aliphatic rings. The van der Waals surface area contributed by atoms with Gasteiger partial charge in [0.1, 0.15) is 11.9 Å². The maximum absolute atomic E-state index is 8.78. The average molecular weight is 244 g/mol. The summed E-state index contributed by atoms with van der Waals surface area (Å²) in [6.45, 7) is 0.741. The molecule has 0 saturated heterocycles. The minimum atomic E-state index is 0.476. The fraction of sp³-hybridized carbons (Fsp3) is 0.571. The third-order valence-electron chi connectivity index (χ3n) is 3.91. The molecule has 0 radical (unpaired) electrons. The fourth-order valence-electron chi connectivity index (χ4n) is 2.80. The Morgan fingerprint density at radius 3 is 2.83 bits per heavy atom. The normalized spacial score (nSPS) is 23.4. The zero-order chi connectivity index (χ0) is 13.0. The number of hydrogen-bond donors (Lipinski definition) is 1. The molecular formula is C14H20N4. The highest BCUT2D eigenvalue weighted by atomic mass is 15.2. The van der Waals surface area contributed by atoms with E-state index in [0.29, 0.717) is 17.5 Å². The standard InChI is InChI=1S/C14H20N4/c1-18(13-5-3-2-4-12(13)9-16)14-7-6-11(8-15)10-17-14/h6-7,10,12-13H,2-5,9,16H2,1H3. The highest BCUT2D eigenvalue weighted by Crippen LogP contribution is 2.29. The monoisotopic (exact) mass is 244 g/mol. The van der Waals surface area contributed by atoms with Crippen LogP contribution < -0.4 is 10.6 Å². The Bertz CT molecular complexity index is 420. The summed E-state index contributed by atoms with van der Waals surface area (Å²) in [7, 11) is 2.08. The number of nitriles is 1. The lowest BCUT2D eigenvalue weighted by molar-refractivity contribution is 0.305. The van der Waals surface area contributed by atoms with E-state index in [0.717, 1.165) is 12.4 Å². The predicted octanol–water partition coefficient (Wildman–Crippen LogP) is 1.91. The first-order chi connectivity index (χ1) is 8.76. The molecule has 2 unspecified atom stereocenters. The third-order valence-corrected chi connectivity index (χ3v) is 3.91. The summed E-state index contributed by atoms with van der Waals surface area (Å²) in [4.78, 5) is 6.58. The van der Waals surface area contributed by atoms with E-state index in [4.69, 9.17) is 11.0 Å². The van der Waals surface area contributed by atoms with Crippen molar-refractivity contribution in [1.29, 1.82) is 5.26 Å². The van der Waals surface area contributed by atoms with Crippen LogP contribution in [0.25, 0.3) is 0 Å². The second-order valence-electron chi connectivity index (χ2n) is 4.98. The molecule has 1 aliphatic carbocycles. The molecule has 1 aromatic rings. The summed E-state index contributed by atoms with van der Waals surface area (Å²) in [5, 5.41) is 8.78. The van der Waals surface area contributed by atoms with Crippen LogP contribution in [0.4, 0.5) is 5.82 Å². The van der Waals surface area contributed by atoms with Gasteiger partial charge in [0.2, 0.25) is 0 Å². The van der Waals surface area contributed by atoms with Gasteiger partial charge in [-0.25, -0.2) is 4.98 Å². The molecule has 0 amide bonds. The van der Waals surface area contributed by atoms with Crippen molar-refractivity contribution in [1.82, 2.24) is 4.98 Å². The Morgan fingerprint density at radius 2 is 2.22 bits per heavy atom. The van der Waals surface area contributed by atoms with Crippen LogP contribution in [0.15, 0.2) is 18.3 Å². The zero-order valence-electron chi connectivity index (χ0n) is 10.8. The molecule has 1 heterocycles. The van der Waals surface area contributed by atoms with Crippen molar-refractivity contribution >= 4 is 5.82 Å². The Morgan fingerprint density at radius 1 is 1.44 bits per heavy atom. The second-order valence-corrected chi connectivity index (χ2v) is 4.98. The van der Waals surface area contributed by atoms with Gasteiger partial charge in [0, 0.05) is 19.3 Å². The van der Waals surface area contributed by atoms with Gasteiger partial charge in [0.05, 0.1) is 5.56 Å². The fourth-order valence-corrected chi connectivity index (χ4v) is 2.80. The van der Waals surface area contributed by atoms with Crippen molar-refractivity contribution in [3.63, 3.8) is 0 Å². The summed E-state index contributed by atoms with van der Waals surface area (Å²) in [5.41, 5.74) is 6.47. The maximum atomic E-state index is 8.78. The van der Waals surface area contributed by atoms with E-state index in [1.165, 1.54) is 25.7 Å². The van der Waals surface area contributed by atoms with Gasteiger partial charge in [-0.1, -0.05) is 12.8 Å². The lowest BCUT2D eigenvalue weighted by atomic mass is 9.84. The van der Waals surface area contributed by atoms with Crippen LogP contribution in [-0.2, 0) is 0 Å². The molecule has 2 rings (SSSR count). The summed E-state index contributed by atoms with van der Waals surface area (Å²) in [5.74, 6) is 1.49. The molecule has 4 heteroatoms. The zero-order valence-corrected chi connectivity index (χ0v) is 10.8.